The van der Waals surface area contributed by atoms with E-state index >= 15 is 0 Å². The minimum Gasteiger partial charge on any atom is -0.268 e. The lowest BCUT2D eigenvalue weighted by atomic mass is 10.2. The van der Waals surface area contributed by atoms with Crippen LogP contribution in [0.3, 0.4) is 0 Å². The summed E-state index contributed by atoms with van der Waals surface area (Å²) >= 11 is 12.5. The number of rotatable bonds is 2. The summed E-state index contributed by atoms with van der Waals surface area (Å²) < 4.78 is 0.479. The summed E-state index contributed by atoms with van der Waals surface area (Å²) in [5.74, 6) is -0.174. The minimum absolute atomic E-state index is 0.174. The van der Waals surface area contributed by atoms with E-state index < -0.39 is 0 Å². The zero-order chi connectivity index (χ0) is 17.4. The Morgan fingerprint density at radius 3 is 2.56 bits per heavy atom. The molecule has 0 N–H and O–H groups in total. The summed E-state index contributed by atoms with van der Waals surface area (Å²) in [5, 5.41) is 0.608. The van der Waals surface area contributed by atoms with Crippen molar-refractivity contribution in [2.45, 2.75) is 0 Å². The number of benzene rings is 2. The van der Waals surface area contributed by atoms with Gasteiger partial charge in [0.2, 0.25) is 0 Å². The van der Waals surface area contributed by atoms with Crippen molar-refractivity contribution in [2.75, 3.05) is 4.90 Å². The van der Waals surface area contributed by atoms with Crippen LogP contribution < -0.4 is 4.90 Å². The number of carbonyl (C=O) groups is 1. The van der Waals surface area contributed by atoms with Crippen molar-refractivity contribution in [3.8, 4) is 0 Å². The molecule has 1 fully saturated rings. The number of fused-ring (bicyclic) bond motifs is 1. The van der Waals surface area contributed by atoms with Crippen LogP contribution in [0.25, 0.3) is 17.1 Å². The summed E-state index contributed by atoms with van der Waals surface area (Å²) in [6.45, 7) is 0. The Labute approximate surface area is 158 Å². The lowest BCUT2D eigenvalue weighted by molar-refractivity contribution is -0.113. The summed E-state index contributed by atoms with van der Waals surface area (Å²) in [7, 11) is 0. The molecule has 0 aliphatic carbocycles. The average molecular weight is 384 g/mol. The summed E-state index contributed by atoms with van der Waals surface area (Å²) in [5.41, 5.74) is 2.91. The Morgan fingerprint density at radius 1 is 1.08 bits per heavy atom. The summed E-state index contributed by atoms with van der Waals surface area (Å²) in [6, 6.07) is 14.6. The Hall–Kier alpha value is -2.28. The van der Waals surface area contributed by atoms with E-state index in [4.69, 9.17) is 23.8 Å². The van der Waals surface area contributed by atoms with Gasteiger partial charge in [0.05, 0.1) is 33.5 Å². The van der Waals surface area contributed by atoms with Gasteiger partial charge in [-0.3, -0.25) is 14.7 Å². The Kier molecular flexibility index (Phi) is 4.25. The number of thiocarbonyl (C=S) groups is 1. The predicted octanol–water partition coefficient (Wildman–Crippen LogP) is 4.69. The van der Waals surface area contributed by atoms with Gasteiger partial charge in [-0.2, -0.15) is 0 Å². The number of anilines is 1. The van der Waals surface area contributed by atoms with Crippen LogP contribution in [0, 0.1) is 0 Å². The molecule has 4 rings (SSSR count). The third-order valence-corrected chi connectivity index (χ3v) is 5.18. The highest BCUT2D eigenvalue weighted by Crippen LogP contribution is 2.36. The molecule has 1 aliphatic rings. The van der Waals surface area contributed by atoms with Crippen LogP contribution in [-0.2, 0) is 4.79 Å². The molecule has 4 nitrogen and oxygen atoms in total. The normalized spacial score (nSPS) is 16.2. The number of halogens is 1. The topological polar surface area (TPSA) is 46.1 Å². The van der Waals surface area contributed by atoms with Gasteiger partial charge >= 0.3 is 0 Å². The fourth-order valence-corrected chi connectivity index (χ4v) is 3.87. The molecule has 0 saturated carbocycles. The van der Waals surface area contributed by atoms with Gasteiger partial charge in [-0.25, -0.2) is 4.98 Å². The van der Waals surface area contributed by atoms with Crippen LogP contribution in [0.4, 0.5) is 5.69 Å². The first kappa shape index (κ1) is 16.2. The van der Waals surface area contributed by atoms with Crippen LogP contribution in [-0.4, -0.2) is 20.2 Å². The predicted molar refractivity (Wildman–Crippen MR) is 107 cm³/mol. The molecule has 3 aromatic rings. The zero-order valence-corrected chi connectivity index (χ0v) is 15.1. The first-order valence-corrected chi connectivity index (χ1v) is 8.97. The second-order valence-corrected chi connectivity index (χ2v) is 7.39. The van der Waals surface area contributed by atoms with Crippen molar-refractivity contribution in [3.05, 3.63) is 70.3 Å². The Bertz CT molecular complexity index is 1030. The highest BCUT2D eigenvalue weighted by Gasteiger charge is 2.33. The molecule has 2 aromatic carbocycles. The van der Waals surface area contributed by atoms with Crippen molar-refractivity contribution in [1.29, 1.82) is 0 Å². The molecular formula is C18H10ClN3OS2. The highest BCUT2D eigenvalue weighted by molar-refractivity contribution is 8.27. The maximum atomic E-state index is 12.7. The average Bonchev–Trinajstić information content (AvgIpc) is 2.89. The number of nitrogens with zero attached hydrogens (tertiary/aromatic N) is 3. The fourth-order valence-electron chi connectivity index (χ4n) is 2.46. The van der Waals surface area contributed by atoms with Crippen LogP contribution in [0.5, 0.6) is 0 Å². The van der Waals surface area contributed by atoms with Gasteiger partial charge < -0.3 is 0 Å². The minimum atomic E-state index is -0.174. The quantitative estimate of drug-likeness (QED) is 0.474. The SMILES string of the molecule is O=C1/C(=C/c2cnc3ccccc3n2)SC(=S)N1c1ccc(Cl)cc1. The molecule has 25 heavy (non-hydrogen) atoms. The fraction of sp³-hybridized carbons (Fsp3) is 0. The molecule has 0 bridgehead atoms. The van der Waals surface area contributed by atoms with Gasteiger partial charge in [-0.15, -0.1) is 0 Å². The van der Waals surface area contributed by atoms with E-state index in [9.17, 15) is 4.79 Å². The van der Waals surface area contributed by atoms with Gasteiger partial charge in [-0.1, -0.05) is 47.7 Å². The molecule has 1 aromatic heterocycles. The van der Waals surface area contributed by atoms with E-state index in [1.165, 1.54) is 16.7 Å². The molecule has 7 heteroatoms. The molecule has 1 aliphatic heterocycles. The third kappa shape index (κ3) is 3.16. The molecule has 122 valence electrons. The largest absolute Gasteiger partial charge is 0.270 e. The molecule has 0 radical (unpaired) electrons. The zero-order valence-electron chi connectivity index (χ0n) is 12.7. The van der Waals surface area contributed by atoms with Gasteiger partial charge in [-0.05, 0) is 42.5 Å². The van der Waals surface area contributed by atoms with E-state index in [1.807, 2.05) is 24.3 Å². The first-order valence-electron chi connectivity index (χ1n) is 7.37. The number of carbonyl (C=O) groups excluding carboxylic acids is 1. The highest BCUT2D eigenvalue weighted by atomic mass is 35.5. The number of hydrogen-bond donors (Lipinski definition) is 0. The van der Waals surface area contributed by atoms with E-state index in [1.54, 1.807) is 36.5 Å². The molecular weight excluding hydrogens is 374 g/mol. The molecule has 0 spiro atoms. The molecule has 1 saturated heterocycles. The smallest absolute Gasteiger partial charge is 0.268 e. The maximum absolute atomic E-state index is 12.7. The Balaban J connectivity index is 1.68. The number of aromatic nitrogens is 2. The third-order valence-electron chi connectivity index (χ3n) is 3.62. The maximum Gasteiger partial charge on any atom is 0.270 e. The number of hydrogen-bond acceptors (Lipinski definition) is 5. The number of thioether (sulfide) groups is 1. The van der Waals surface area contributed by atoms with Crippen molar-refractivity contribution in [1.82, 2.24) is 9.97 Å². The van der Waals surface area contributed by atoms with Crippen molar-refractivity contribution in [3.63, 3.8) is 0 Å². The standard InChI is InChI=1S/C18H10ClN3OS2/c19-11-5-7-13(8-6-11)22-17(23)16(25-18(22)24)9-12-10-20-14-3-1-2-4-15(14)21-12/h1-10H/b16-9-. The summed E-state index contributed by atoms with van der Waals surface area (Å²) in [6.07, 6.45) is 3.37. The van der Waals surface area contributed by atoms with Crippen molar-refractivity contribution in [2.24, 2.45) is 0 Å². The Morgan fingerprint density at radius 2 is 1.80 bits per heavy atom. The van der Waals surface area contributed by atoms with Gasteiger partial charge in [0.25, 0.3) is 5.91 Å². The van der Waals surface area contributed by atoms with E-state index in [2.05, 4.69) is 9.97 Å². The molecule has 1 amide bonds. The van der Waals surface area contributed by atoms with Gasteiger partial charge in [0, 0.05) is 5.02 Å². The second kappa shape index (κ2) is 6.55. The monoisotopic (exact) mass is 383 g/mol. The van der Waals surface area contributed by atoms with Gasteiger partial charge in [0.15, 0.2) is 4.32 Å². The van der Waals surface area contributed by atoms with Crippen molar-refractivity contribution < 1.29 is 4.79 Å². The van der Waals surface area contributed by atoms with Crippen LogP contribution in [0.1, 0.15) is 5.69 Å². The number of amides is 1. The lowest BCUT2D eigenvalue weighted by Gasteiger charge is -2.14. The van der Waals surface area contributed by atoms with E-state index in [0.717, 1.165) is 11.0 Å². The van der Waals surface area contributed by atoms with E-state index in [-0.39, 0.29) is 5.91 Å². The molecule has 0 atom stereocenters. The lowest BCUT2D eigenvalue weighted by Crippen LogP contribution is -2.27. The van der Waals surface area contributed by atoms with Gasteiger partial charge in [0.1, 0.15) is 0 Å². The van der Waals surface area contributed by atoms with Crippen LogP contribution in [0.15, 0.2) is 59.6 Å². The summed E-state index contributed by atoms with van der Waals surface area (Å²) in [4.78, 5) is 23.6. The number of para-hydroxylation sites is 2. The second-order valence-electron chi connectivity index (χ2n) is 5.28. The van der Waals surface area contributed by atoms with E-state index in [0.29, 0.717) is 25.6 Å². The first-order chi connectivity index (χ1) is 12.1. The van der Waals surface area contributed by atoms with Crippen LogP contribution >= 0.6 is 35.6 Å². The molecule has 2 heterocycles. The molecule has 0 unspecified atom stereocenters. The van der Waals surface area contributed by atoms with Crippen LogP contribution in [0.2, 0.25) is 5.02 Å². The van der Waals surface area contributed by atoms with Crippen molar-refractivity contribution >= 4 is 68.6 Å².